The van der Waals surface area contributed by atoms with Crippen molar-refractivity contribution in [2.75, 3.05) is 4.90 Å². The fourth-order valence-corrected chi connectivity index (χ4v) is 2.07. The smallest absolute Gasteiger partial charge is 0.327 e. The molecule has 0 unspecified atom stereocenters. The molecule has 1 aliphatic heterocycles. The van der Waals surface area contributed by atoms with Gasteiger partial charge in [-0.2, -0.15) is 0 Å². The number of benzene rings is 1. The summed E-state index contributed by atoms with van der Waals surface area (Å²) in [6.45, 7) is 0.506. The van der Waals surface area contributed by atoms with Crippen LogP contribution in [0.15, 0.2) is 42.6 Å². The molecule has 5 heteroatoms. The summed E-state index contributed by atoms with van der Waals surface area (Å²) < 4.78 is 0. The van der Waals surface area contributed by atoms with Gasteiger partial charge in [-0.25, -0.2) is 14.7 Å². The molecule has 0 atom stereocenters. The second-order valence-corrected chi connectivity index (χ2v) is 4.39. The van der Waals surface area contributed by atoms with Crippen LogP contribution in [-0.2, 0) is 6.54 Å². The Hall–Kier alpha value is -2.07. The zero-order valence-corrected chi connectivity index (χ0v) is 10.2. The number of amides is 2. The number of nitrogens with one attached hydrogen (secondary N) is 1. The van der Waals surface area contributed by atoms with Crippen molar-refractivity contribution in [1.82, 2.24) is 10.3 Å². The SMILES string of the molecule is O=C1NCc2cccnc2N1c1ccc(Cl)cc1. The quantitative estimate of drug-likeness (QED) is 0.855. The van der Waals surface area contributed by atoms with Crippen LogP contribution in [0.1, 0.15) is 5.56 Å². The molecule has 1 aromatic carbocycles. The van der Waals surface area contributed by atoms with Crippen LogP contribution in [0.3, 0.4) is 0 Å². The van der Waals surface area contributed by atoms with Gasteiger partial charge in [-0.05, 0) is 30.3 Å². The second-order valence-electron chi connectivity index (χ2n) is 3.96. The number of hydrogen-bond donors (Lipinski definition) is 1. The lowest BCUT2D eigenvalue weighted by Gasteiger charge is -2.28. The number of fused-ring (bicyclic) bond motifs is 1. The normalized spacial score (nSPS) is 14.1. The molecule has 0 aliphatic carbocycles. The lowest BCUT2D eigenvalue weighted by atomic mass is 10.2. The molecule has 4 nitrogen and oxygen atoms in total. The van der Waals surface area contributed by atoms with E-state index < -0.39 is 0 Å². The summed E-state index contributed by atoms with van der Waals surface area (Å²) in [7, 11) is 0. The predicted molar refractivity (Wildman–Crippen MR) is 70.1 cm³/mol. The zero-order valence-electron chi connectivity index (χ0n) is 9.43. The van der Waals surface area contributed by atoms with Crippen molar-refractivity contribution in [2.24, 2.45) is 0 Å². The van der Waals surface area contributed by atoms with E-state index in [0.29, 0.717) is 17.4 Å². The fourth-order valence-electron chi connectivity index (χ4n) is 1.95. The molecule has 2 amide bonds. The van der Waals surface area contributed by atoms with Crippen molar-refractivity contribution in [3.05, 3.63) is 53.2 Å². The van der Waals surface area contributed by atoms with Crippen molar-refractivity contribution >= 4 is 29.1 Å². The van der Waals surface area contributed by atoms with Crippen molar-refractivity contribution in [3.63, 3.8) is 0 Å². The van der Waals surface area contributed by atoms with E-state index >= 15 is 0 Å². The molecule has 2 aromatic rings. The van der Waals surface area contributed by atoms with E-state index in [2.05, 4.69) is 10.3 Å². The molecule has 2 heterocycles. The highest BCUT2D eigenvalue weighted by Crippen LogP contribution is 2.30. The Kier molecular flexibility index (Phi) is 2.64. The first-order valence-corrected chi connectivity index (χ1v) is 5.91. The first-order valence-electron chi connectivity index (χ1n) is 5.53. The van der Waals surface area contributed by atoms with Crippen LogP contribution in [0.4, 0.5) is 16.3 Å². The van der Waals surface area contributed by atoms with Crippen molar-refractivity contribution in [1.29, 1.82) is 0 Å². The van der Waals surface area contributed by atoms with Gasteiger partial charge in [0.1, 0.15) is 5.82 Å². The molecule has 1 aliphatic rings. The number of carbonyl (C=O) groups excluding carboxylic acids is 1. The molecule has 0 radical (unpaired) electrons. The van der Waals surface area contributed by atoms with Gasteiger partial charge in [-0.15, -0.1) is 0 Å². The lowest BCUT2D eigenvalue weighted by molar-refractivity contribution is 0.247. The Morgan fingerprint density at radius 2 is 2.00 bits per heavy atom. The van der Waals surface area contributed by atoms with E-state index in [9.17, 15) is 4.79 Å². The number of nitrogens with zero attached hydrogens (tertiary/aromatic N) is 2. The summed E-state index contributed by atoms with van der Waals surface area (Å²) in [6, 6.07) is 10.7. The van der Waals surface area contributed by atoms with Gasteiger partial charge in [0.15, 0.2) is 0 Å². The number of halogens is 1. The van der Waals surface area contributed by atoms with E-state index in [1.807, 2.05) is 12.1 Å². The molecule has 1 aromatic heterocycles. The van der Waals surface area contributed by atoms with Gasteiger partial charge >= 0.3 is 6.03 Å². The average Bonchev–Trinajstić information content (AvgIpc) is 2.40. The van der Waals surface area contributed by atoms with Crippen LogP contribution in [0.25, 0.3) is 0 Å². The molecule has 3 rings (SSSR count). The largest absolute Gasteiger partial charge is 0.333 e. The first-order chi connectivity index (χ1) is 8.75. The lowest BCUT2D eigenvalue weighted by Crippen LogP contribution is -2.41. The molecule has 0 saturated heterocycles. The standard InChI is InChI=1S/C13H10ClN3O/c14-10-3-5-11(6-4-10)17-12-9(2-1-7-15-12)8-16-13(17)18/h1-7H,8H2,(H,16,18). The Bertz CT molecular complexity index is 597. The van der Waals surface area contributed by atoms with E-state index in [1.54, 1.807) is 35.4 Å². The van der Waals surface area contributed by atoms with Gasteiger partial charge in [-0.1, -0.05) is 17.7 Å². The second kappa shape index (κ2) is 4.31. The van der Waals surface area contributed by atoms with Crippen molar-refractivity contribution in [2.45, 2.75) is 6.54 Å². The van der Waals surface area contributed by atoms with Crippen molar-refractivity contribution < 1.29 is 4.79 Å². The Labute approximate surface area is 109 Å². The molecular formula is C13H10ClN3O. The third-order valence-corrected chi connectivity index (χ3v) is 3.05. The molecule has 90 valence electrons. The third-order valence-electron chi connectivity index (χ3n) is 2.80. The van der Waals surface area contributed by atoms with E-state index in [-0.39, 0.29) is 6.03 Å². The Morgan fingerprint density at radius 1 is 1.22 bits per heavy atom. The highest BCUT2D eigenvalue weighted by atomic mass is 35.5. The summed E-state index contributed by atoms with van der Waals surface area (Å²) in [5, 5.41) is 3.45. The average molecular weight is 260 g/mol. The molecule has 0 saturated carbocycles. The predicted octanol–water partition coefficient (Wildman–Crippen LogP) is 3.10. The van der Waals surface area contributed by atoms with Gasteiger partial charge < -0.3 is 5.32 Å². The van der Waals surface area contributed by atoms with Crippen LogP contribution in [-0.4, -0.2) is 11.0 Å². The van der Waals surface area contributed by atoms with Gasteiger partial charge in [0, 0.05) is 23.3 Å². The first kappa shape index (κ1) is 11.0. The van der Waals surface area contributed by atoms with Gasteiger partial charge in [0.05, 0.1) is 5.69 Å². The Balaban J connectivity index is 2.10. The zero-order chi connectivity index (χ0) is 12.5. The van der Waals surface area contributed by atoms with Gasteiger partial charge in [-0.3, -0.25) is 0 Å². The molecular weight excluding hydrogens is 250 g/mol. The molecule has 0 bridgehead atoms. The number of anilines is 2. The Morgan fingerprint density at radius 3 is 2.78 bits per heavy atom. The molecule has 0 fully saturated rings. The highest BCUT2D eigenvalue weighted by Gasteiger charge is 2.25. The maximum Gasteiger partial charge on any atom is 0.327 e. The number of urea groups is 1. The van der Waals surface area contributed by atoms with Crippen LogP contribution in [0, 0.1) is 0 Å². The third kappa shape index (κ3) is 1.80. The van der Waals surface area contributed by atoms with Crippen LogP contribution >= 0.6 is 11.6 Å². The van der Waals surface area contributed by atoms with Crippen molar-refractivity contribution in [3.8, 4) is 0 Å². The summed E-state index contributed by atoms with van der Waals surface area (Å²) in [6.07, 6.45) is 1.68. The number of carbonyl (C=O) groups is 1. The minimum atomic E-state index is -0.177. The number of pyridine rings is 1. The summed E-state index contributed by atoms with van der Waals surface area (Å²) >= 11 is 5.85. The van der Waals surface area contributed by atoms with Gasteiger partial charge in [0.25, 0.3) is 0 Å². The van der Waals surface area contributed by atoms with Crippen LogP contribution in [0.5, 0.6) is 0 Å². The van der Waals surface area contributed by atoms with Crippen LogP contribution in [0.2, 0.25) is 5.02 Å². The topological polar surface area (TPSA) is 45.2 Å². The maximum absolute atomic E-state index is 12.0. The number of aromatic nitrogens is 1. The monoisotopic (exact) mass is 259 g/mol. The molecule has 0 spiro atoms. The molecule has 1 N–H and O–H groups in total. The van der Waals surface area contributed by atoms with Gasteiger partial charge in [0.2, 0.25) is 0 Å². The fraction of sp³-hybridized carbons (Fsp3) is 0.0769. The summed E-state index contributed by atoms with van der Waals surface area (Å²) in [5.41, 5.74) is 1.74. The minimum absolute atomic E-state index is 0.177. The molecule has 18 heavy (non-hydrogen) atoms. The van der Waals surface area contributed by atoms with E-state index in [0.717, 1.165) is 11.3 Å². The highest BCUT2D eigenvalue weighted by molar-refractivity contribution is 6.30. The van der Waals surface area contributed by atoms with E-state index in [1.165, 1.54) is 0 Å². The number of rotatable bonds is 1. The maximum atomic E-state index is 12.0. The van der Waals surface area contributed by atoms with E-state index in [4.69, 9.17) is 11.6 Å². The number of hydrogen-bond acceptors (Lipinski definition) is 2. The summed E-state index contributed by atoms with van der Waals surface area (Å²) in [5.74, 6) is 0.670. The minimum Gasteiger partial charge on any atom is -0.333 e. The van der Waals surface area contributed by atoms with Crippen LogP contribution < -0.4 is 10.2 Å². The summed E-state index contributed by atoms with van der Waals surface area (Å²) in [4.78, 5) is 17.8.